The summed E-state index contributed by atoms with van der Waals surface area (Å²) in [5, 5.41) is 2.28. The Bertz CT molecular complexity index is 2250. The average molecular weight is 985 g/mol. The minimum Gasteiger partial charge on any atom is -0.443 e. The van der Waals surface area contributed by atoms with Crippen LogP contribution in [0.1, 0.15) is 23.4 Å². The highest BCUT2D eigenvalue weighted by Crippen LogP contribution is 2.67. The fourth-order valence-corrected chi connectivity index (χ4v) is 11.3. The number of nitrogens with one attached hydrogen (secondary N) is 2. The van der Waals surface area contributed by atoms with Crippen LogP contribution in [0.4, 0.5) is 10.7 Å². The number of phosphoric acid groups is 3. The van der Waals surface area contributed by atoms with E-state index in [1.807, 2.05) is 0 Å². The number of nitrogens with two attached hydrogens (primary N) is 1. The standard InChI is InChI=1S/C27H47N6O23P5/c1-29-27(35)52-17-4-7-45-20(17)12-49-57(2,36)53-18-5-8-46-21(18)13-50-58(3,37)54-19-6-9-47-22(19)14-51-60(40,41)56-61(42,43)55-59(38,39)48-11-10-44-16-33-15-30-23-24(33)31-26(28)32-25(23)34/h15,17-22H,4-14,16H2,1-3H3,(H,29,35)(H,38,39)(H,40,41)(H,42,43)(H3,28,31,32,34)/t17?,18?,19?,20-,21-,22-,57?,58?/m1/s1/i7T,8T,9T/t7-,8-,9-,17?,18?,19?,20-,21-,22-,57?,58?. The lowest BCUT2D eigenvalue weighted by Crippen LogP contribution is -2.34. The number of ether oxygens (including phenoxy) is 5. The van der Waals surface area contributed by atoms with Crippen molar-refractivity contribution in [2.45, 2.75) is 62.6 Å². The first kappa shape index (κ1) is 45.5. The van der Waals surface area contributed by atoms with E-state index >= 15 is 0 Å². The number of hydrogen-bond donors (Lipinski definition) is 6. The second kappa shape index (κ2) is 21.3. The van der Waals surface area contributed by atoms with Crippen molar-refractivity contribution in [1.82, 2.24) is 24.8 Å². The maximum absolute atomic E-state index is 13.4. The normalized spacial score (nSPS) is 32.4. The predicted octanol–water partition coefficient (Wildman–Crippen LogP) is 1.58. The van der Waals surface area contributed by atoms with Crippen LogP contribution < -0.4 is 16.6 Å². The van der Waals surface area contributed by atoms with Gasteiger partial charge in [-0.05, 0) is 0 Å². The van der Waals surface area contributed by atoms with Crippen molar-refractivity contribution in [2.75, 3.05) is 78.9 Å². The van der Waals surface area contributed by atoms with Gasteiger partial charge in [-0.1, -0.05) is 0 Å². The Balaban J connectivity index is 1.05. The first-order valence-electron chi connectivity index (χ1n) is 19.4. The third-order valence-electron chi connectivity index (χ3n) is 8.13. The smallest absolute Gasteiger partial charge is 0.443 e. The molecule has 0 aliphatic carbocycles. The minimum atomic E-state index is -5.90. The van der Waals surface area contributed by atoms with Crippen molar-refractivity contribution in [1.29, 1.82) is 0 Å². The van der Waals surface area contributed by atoms with Crippen molar-refractivity contribution >= 4 is 61.9 Å². The number of hydrogen-bond acceptors (Lipinski definition) is 23. The molecule has 2 aromatic heterocycles. The van der Waals surface area contributed by atoms with Gasteiger partial charge in [-0.2, -0.15) is 13.6 Å². The van der Waals surface area contributed by atoms with Crippen LogP contribution in [0.15, 0.2) is 11.1 Å². The first-order valence-corrected chi connectivity index (χ1v) is 26.1. The van der Waals surface area contributed by atoms with Gasteiger partial charge in [0.05, 0.1) is 62.3 Å². The summed E-state index contributed by atoms with van der Waals surface area (Å²) >= 11 is 0. The van der Waals surface area contributed by atoms with Crippen LogP contribution in [0, 0.1) is 0 Å². The number of amides is 1. The Hall–Kier alpha value is -2.03. The number of rotatable bonds is 24. The van der Waals surface area contributed by atoms with Gasteiger partial charge in [-0.15, -0.1) is 0 Å². The van der Waals surface area contributed by atoms with E-state index in [1.165, 1.54) is 17.9 Å². The summed E-state index contributed by atoms with van der Waals surface area (Å²) in [4.78, 5) is 63.6. The molecule has 3 aliphatic heterocycles. The van der Waals surface area contributed by atoms with Gasteiger partial charge in [-0.25, -0.2) is 23.5 Å². The largest absolute Gasteiger partial charge is 0.490 e. The van der Waals surface area contributed by atoms with Crippen LogP contribution >= 0.6 is 38.7 Å². The number of alkyl carbamates (subject to hydrolysis) is 1. The highest BCUT2D eigenvalue weighted by molar-refractivity contribution is 7.66. The van der Waals surface area contributed by atoms with E-state index < -0.39 is 133 Å². The van der Waals surface area contributed by atoms with E-state index in [9.17, 15) is 47.1 Å². The summed E-state index contributed by atoms with van der Waals surface area (Å²) < 4.78 is 155. The predicted molar refractivity (Wildman–Crippen MR) is 203 cm³/mol. The monoisotopic (exact) mass is 984 g/mol. The minimum absolute atomic E-state index is 0.0391. The molecule has 61 heavy (non-hydrogen) atoms. The fraction of sp³-hybridized carbons (Fsp3) is 0.778. The second-order valence-electron chi connectivity index (χ2n) is 12.9. The molecule has 1 amide bonds. The summed E-state index contributed by atoms with van der Waals surface area (Å²) in [5.74, 6) is -0.194. The number of anilines is 1. The maximum atomic E-state index is 13.4. The zero-order valence-corrected chi connectivity index (χ0v) is 36.8. The van der Waals surface area contributed by atoms with Crippen LogP contribution in [0.5, 0.6) is 0 Å². The number of aromatic nitrogens is 4. The zero-order chi connectivity index (χ0) is 47.3. The molecule has 14 atom stereocenters. The zero-order valence-electron chi connectivity index (χ0n) is 35.3. The van der Waals surface area contributed by atoms with Crippen molar-refractivity contribution in [3.63, 3.8) is 0 Å². The molecule has 3 aliphatic rings. The molecule has 29 nitrogen and oxygen atoms in total. The summed E-state index contributed by atoms with van der Waals surface area (Å²) in [6, 6.07) is 0. The van der Waals surface area contributed by atoms with Crippen molar-refractivity contribution in [3.05, 3.63) is 16.7 Å². The third-order valence-corrected chi connectivity index (χ3v) is 15.0. The van der Waals surface area contributed by atoms with E-state index in [1.54, 1.807) is 0 Å². The lowest BCUT2D eigenvalue weighted by Gasteiger charge is -2.27. The lowest BCUT2D eigenvalue weighted by atomic mass is 10.2. The maximum Gasteiger partial charge on any atom is 0.490 e. The highest BCUT2D eigenvalue weighted by atomic mass is 31.3. The van der Waals surface area contributed by atoms with E-state index in [4.69, 9.17) is 56.1 Å². The molecule has 0 radical (unpaired) electrons. The summed E-state index contributed by atoms with van der Waals surface area (Å²) in [6.45, 7) is -4.81. The number of H-pyrrole nitrogens is 1. The van der Waals surface area contributed by atoms with Crippen LogP contribution in [0.3, 0.4) is 0 Å². The van der Waals surface area contributed by atoms with Crippen molar-refractivity contribution in [2.24, 2.45) is 0 Å². The van der Waals surface area contributed by atoms with Crippen molar-refractivity contribution < 1.29 is 106 Å². The average Bonchev–Trinajstić information content (AvgIpc) is 3.92. The van der Waals surface area contributed by atoms with E-state index in [0.29, 0.717) is 0 Å². The molecule has 7 N–H and O–H groups in total. The molecule has 0 bridgehead atoms. The number of imidazole rings is 1. The van der Waals surface area contributed by atoms with E-state index in [0.717, 1.165) is 13.3 Å². The SMILES string of the molecule is [3H][C@@H]1CC(OC(=O)NC)[C@@H](COP(C)(=O)OC2C[C@@H]([3H])O[C@@H]2COP(C)(=O)OC2C[C@@H]([3H])O[C@@H]2COP(=O)(O)OP(=O)(O)OP(=O)(O)OCCOCn2cnc3c(=O)[nH]c(N)nc32)O1. The van der Waals surface area contributed by atoms with Gasteiger partial charge in [0.25, 0.3) is 5.56 Å². The van der Waals surface area contributed by atoms with Gasteiger partial charge in [0.1, 0.15) is 31.1 Å². The lowest BCUT2D eigenvalue weighted by molar-refractivity contribution is -0.0147. The molecular weight excluding hydrogens is 931 g/mol. The molecule has 5 rings (SSSR count). The Kier molecular flexibility index (Phi) is 15.9. The third kappa shape index (κ3) is 15.6. The Morgan fingerprint density at radius 3 is 1.92 bits per heavy atom. The molecule has 0 aromatic carbocycles. The van der Waals surface area contributed by atoms with Crippen LogP contribution in [0.2, 0.25) is 0 Å². The number of carbonyl (C=O) groups excluding carboxylic acids is 1. The number of aromatic amines is 1. The molecule has 8 unspecified atom stereocenters. The van der Waals surface area contributed by atoms with Gasteiger partial charge >= 0.3 is 44.8 Å². The number of phosphoric ester groups is 2. The fourth-order valence-electron chi connectivity index (χ4n) is 5.42. The molecule has 0 spiro atoms. The second-order valence-corrected chi connectivity index (χ2v) is 21.6. The summed E-state index contributed by atoms with van der Waals surface area (Å²) in [5.41, 5.74) is 4.93. The molecule has 2 aromatic rings. The number of nitrogen functional groups attached to an aromatic ring is 1. The molecule has 348 valence electrons. The summed E-state index contributed by atoms with van der Waals surface area (Å²) in [6.07, 6.45) is -6.72. The molecule has 3 saturated heterocycles. The van der Waals surface area contributed by atoms with Crippen LogP contribution in [-0.4, -0.2) is 150 Å². The Morgan fingerprint density at radius 1 is 0.852 bits per heavy atom. The van der Waals surface area contributed by atoms with Gasteiger partial charge in [0.15, 0.2) is 11.2 Å². The number of carbonyl (C=O) groups is 1. The molecular formula is C27H47N6O23P5. The number of nitrogens with zero attached hydrogens (tertiary/aromatic N) is 3. The van der Waals surface area contributed by atoms with E-state index in [-0.39, 0.29) is 49.7 Å². The Labute approximate surface area is 350 Å². The van der Waals surface area contributed by atoms with Crippen LogP contribution in [-0.2, 0) is 89.0 Å². The molecule has 34 heteroatoms. The van der Waals surface area contributed by atoms with Gasteiger partial charge in [-0.3, -0.25) is 32.5 Å². The van der Waals surface area contributed by atoms with Gasteiger partial charge in [0.2, 0.25) is 5.95 Å². The van der Waals surface area contributed by atoms with Gasteiger partial charge in [0, 0.05) is 52.8 Å². The molecule has 3 fully saturated rings. The summed E-state index contributed by atoms with van der Waals surface area (Å²) in [7, 11) is -23.7. The Morgan fingerprint density at radius 2 is 1.36 bits per heavy atom. The quantitative estimate of drug-likeness (QED) is 0.0642. The van der Waals surface area contributed by atoms with Crippen LogP contribution in [0.25, 0.3) is 11.2 Å². The highest BCUT2D eigenvalue weighted by Gasteiger charge is 2.44. The van der Waals surface area contributed by atoms with E-state index in [2.05, 4.69) is 33.4 Å². The van der Waals surface area contributed by atoms with Gasteiger partial charge < -0.3 is 67.5 Å². The number of fused-ring (bicyclic) bond motifs is 1. The molecule has 0 saturated carbocycles. The molecule has 5 heterocycles. The van der Waals surface area contributed by atoms with Crippen molar-refractivity contribution in [3.8, 4) is 0 Å². The first-order chi connectivity index (χ1) is 29.7. The topological polar surface area (TPSA) is 385 Å².